The van der Waals surface area contributed by atoms with Gasteiger partial charge >= 0.3 is 6.18 Å². The Labute approximate surface area is 173 Å². The zero-order valence-corrected chi connectivity index (χ0v) is 17.0. The molecular weight excluding hydrogens is 451 g/mol. The highest BCUT2D eigenvalue weighted by molar-refractivity contribution is 9.10. The number of carbonyl (C=O) groups excluding carboxylic acids is 3. The van der Waals surface area contributed by atoms with Crippen LogP contribution in [0.15, 0.2) is 53.0 Å². The number of benzene rings is 2. The number of hydrogen-bond donors (Lipinski definition) is 0. The first-order valence-electron chi connectivity index (χ1n) is 8.86. The summed E-state index contributed by atoms with van der Waals surface area (Å²) in [5, 5.41) is 0. The molecule has 4 nitrogen and oxygen atoms in total. The SMILES string of the molecule is CC(=O)C1C(=O)C(=O)N(CCc2cccc(C(F)(F)F)c2)C1c1ccc(Br)cc1. The van der Waals surface area contributed by atoms with Gasteiger partial charge in [-0.1, -0.05) is 46.3 Å². The minimum absolute atomic E-state index is 0.0242. The van der Waals surface area contributed by atoms with Crippen LogP contribution >= 0.6 is 15.9 Å². The van der Waals surface area contributed by atoms with E-state index >= 15 is 0 Å². The molecule has 1 fully saturated rings. The van der Waals surface area contributed by atoms with Crippen LogP contribution in [0.1, 0.15) is 29.7 Å². The normalized spacial score (nSPS) is 19.7. The van der Waals surface area contributed by atoms with Crippen LogP contribution in [-0.4, -0.2) is 28.9 Å². The molecule has 0 spiro atoms. The first-order chi connectivity index (χ1) is 13.6. The maximum Gasteiger partial charge on any atom is 0.416 e. The molecule has 0 saturated carbocycles. The molecule has 2 unspecified atom stereocenters. The summed E-state index contributed by atoms with van der Waals surface area (Å²) in [7, 11) is 0. The molecule has 0 bridgehead atoms. The molecule has 0 radical (unpaired) electrons. The number of alkyl halides is 3. The van der Waals surface area contributed by atoms with Gasteiger partial charge in [0.15, 0.2) is 0 Å². The molecule has 29 heavy (non-hydrogen) atoms. The number of amides is 1. The molecule has 1 aliphatic heterocycles. The molecule has 152 valence electrons. The van der Waals surface area contributed by atoms with Crippen molar-refractivity contribution in [2.75, 3.05) is 6.54 Å². The number of likely N-dealkylation sites (tertiary alicyclic amines) is 1. The summed E-state index contributed by atoms with van der Waals surface area (Å²) in [5.41, 5.74) is 0.238. The first kappa shape index (κ1) is 21.2. The number of halogens is 4. The Balaban J connectivity index is 1.89. The van der Waals surface area contributed by atoms with Crippen molar-refractivity contribution in [2.24, 2.45) is 5.92 Å². The lowest BCUT2D eigenvalue weighted by Gasteiger charge is -2.27. The lowest BCUT2D eigenvalue weighted by atomic mass is 9.90. The Morgan fingerprint density at radius 3 is 2.34 bits per heavy atom. The molecular formula is C21H17BrF3NO3. The van der Waals surface area contributed by atoms with Crippen LogP contribution in [0, 0.1) is 5.92 Å². The summed E-state index contributed by atoms with van der Waals surface area (Å²) < 4.78 is 39.6. The van der Waals surface area contributed by atoms with E-state index < -0.39 is 41.2 Å². The van der Waals surface area contributed by atoms with Crippen molar-refractivity contribution in [1.82, 2.24) is 4.90 Å². The van der Waals surface area contributed by atoms with Crippen LogP contribution in [0.5, 0.6) is 0 Å². The minimum atomic E-state index is -4.46. The highest BCUT2D eigenvalue weighted by Gasteiger charge is 2.49. The fraction of sp³-hybridized carbons (Fsp3) is 0.286. The van der Waals surface area contributed by atoms with Gasteiger partial charge in [-0.25, -0.2) is 0 Å². The fourth-order valence-corrected chi connectivity index (χ4v) is 3.82. The second kappa shape index (κ2) is 8.10. The predicted molar refractivity (Wildman–Crippen MR) is 103 cm³/mol. The lowest BCUT2D eigenvalue weighted by molar-refractivity contribution is -0.142. The lowest BCUT2D eigenvalue weighted by Crippen LogP contribution is -2.32. The largest absolute Gasteiger partial charge is 0.416 e. The van der Waals surface area contributed by atoms with E-state index in [0.29, 0.717) is 11.1 Å². The van der Waals surface area contributed by atoms with E-state index in [1.165, 1.54) is 24.0 Å². The first-order valence-corrected chi connectivity index (χ1v) is 9.65. The van der Waals surface area contributed by atoms with E-state index in [4.69, 9.17) is 0 Å². The number of nitrogens with zero attached hydrogens (tertiary/aromatic N) is 1. The van der Waals surface area contributed by atoms with Crippen molar-refractivity contribution >= 4 is 33.4 Å². The second-order valence-electron chi connectivity index (χ2n) is 6.90. The summed E-state index contributed by atoms with van der Waals surface area (Å²) in [6.07, 6.45) is -4.34. The summed E-state index contributed by atoms with van der Waals surface area (Å²) in [6, 6.07) is 11.0. The van der Waals surface area contributed by atoms with Gasteiger partial charge in [0.2, 0.25) is 5.78 Å². The molecule has 1 saturated heterocycles. The van der Waals surface area contributed by atoms with Crippen LogP contribution in [0.3, 0.4) is 0 Å². The van der Waals surface area contributed by atoms with E-state index in [0.717, 1.165) is 16.6 Å². The van der Waals surface area contributed by atoms with Crippen LogP contribution in [-0.2, 0) is 27.0 Å². The van der Waals surface area contributed by atoms with E-state index in [1.807, 2.05) is 0 Å². The molecule has 1 amide bonds. The zero-order chi connectivity index (χ0) is 21.3. The number of Topliss-reactive ketones (excluding diaryl/α,β-unsaturated/α-hetero) is 2. The topological polar surface area (TPSA) is 54.5 Å². The van der Waals surface area contributed by atoms with Gasteiger partial charge in [-0.05, 0) is 42.7 Å². The fourth-order valence-electron chi connectivity index (χ4n) is 3.56. The smallest absolute Gasteiger partial charge is 0.328 e. The number of carbonyl (C=O) groups is 3. The molecule has 2 aromatic rings. The average molecular weight is 468 g/mol. The highest BCUT2D eigenvalue weighted by atomic mass is 79.9. The molecule has 2 aromatic carbocycles. The summed E-state index contributed by atoms with van der Waals surface area (Å²) >= 11 is 3.31. The molecule has 1 aliphatic rings. The standard InChI is InChI=1S/C21H17BrF3NO3/c1-12(27)17-18(14-5-7-16(22)8-6-14)26(20(29)19(17)28)10-9-13-3-2-4-15(11-13)21(23,24)25/h2-8,11,17-18H,9-10H2,1H3. The monoisotopic (exact) mass is 467 g/mol. The quantitative estimate of drug-likeness (QED) is 0.484. The predicted octanol–water partition coefficient (Wildman–Crippen LogP) is 4.37. The molecule has 0 N–H and O–H groups in total. The van der Waals surface area contributed by atoms with E-state index in [2.05, 4.69) is 15.9 Å². The Morgan fingerprint density at radius 2 is 1.76 bits per heavy atom. The van der Waals surface area contributed by atoms with E-state index in [9.17, 15) is 27.6 Å². The van der Waals surface area contributed by atoms with Gasteiger partial charge in [0.05, 0.1) is 11.6 Å². The van der Waals surface area contributed by atoms with Gasteiger partial charge in [0, 0.05) is 11.0 Å². The van der Waals surface area contributed by atoms with Gasteiger partial charge in [-0.2, -0.15) is 13.2 Å². The molecule has 0 aliphatic carbocycles. The summed E-state index contributed by atoms with van der Waals surface area (Å²) in [4.78, 5) is 38.4. The minimum Gasteiger partial charge on any atom is -0.328 e. The van der Waals surface area contributed by atoms with Crippen molar-refractivity contribution in [3.8, 4) is 0 Å². The molecule has 1 heterocycles. The number of rotatable bonds is 5. The van der Waals surface area contributed by atoms with Crippen molar-refractivity contribution in [3.05, 3.63) is 69.7 Å². The maximum absolute atomic E-state index is 12.9. The molecule has 2 atom stereocenters. The van der Waals surface area contributed by atoms with Crippen molar-refractivity contribution in [3.63, 3.8) is 0 Å². The van der Waals surface area contributed by atoms with Gasteiger partial charge in [-0.15, -0.1) is 0 Å². The van der Waals surface area contributed by atoms with E-state index in [1.54, 1.807) is 24.3 Å². The Kier molecular flexibility index (Phi) is 5.93. The van der Waals surface area contributed by atoms with Crippen LogP contribution in [0.4, 0.5) is 13.2 Å². The van der Waals surface area contributed by atoms with Crippen LogP contribution < -0.4 is 0 Å². The van der Waals surface area contributed by atoms with Crippen molar-refractivity contribution in [2.45, 2.75) is 25.6 Å². The Morgan fingerprint density at radius 1 is 1.10 bits per heavy atom. The second-order valence-corrected chi connectivity index (χ2v) is 7.81. The maximum atomic E-state index is 12.9. The Bertz CT molecular complexity index is 956. The molecule has 0 aromatic heterocycles. The van der Waals surface area contributed by atoms with Crippen LogP contribution in [0.25, 0.3) is 0 Å². The van der Waals surface area contributed by atoms with Crippen molar-refractivity contribution in [1.29, 1.82) is 0 Å². The zero-order valence-electron chi connectivity index (χ0n) is 15.4. The Hall–Kier alpha value is -2.48. The van der Waals surface area contributed by atoms with Crippen molar-refractivity contribution < 1.29 is 27.6 Å². The molecule has 3 rings (SSSR count). The number of ketones is 2. The number of hydrogen-bond acceptors (Lipinski definition) is 3. The third-order valence-corrected chi connectivity index (χ3v) is 5.48. The molecule has 8 heteroatoms. The van der Waals surface area contributed by atoms with Gasteiger partial charge in [0.1, 0.15) is 11.7 Å². The average Bonchev–Trinajstić information content (AvgIpc) is 2.91. The van der Waals surface area contributed by atoms with Gasteiger partial charge in [-0.3, -0.25) is 14.4 Å². The van der Waals surface area contributed by atoms with Crippen LogP contribution in [0.2, 0.25) is 0 Å². The highest BCUT2D eigenvalue weighted by Crippen LogP contribution is 2.37. The summed E-state index contributed by atoms with van der Waals surface area (Å²) in [5.74, 6) is -3.11. The third-order valence-electron chi connectivity index (χ3n) is 4.95. The van der Waals surface area contributed by atoms with Gasteiger partial charge < -0.3 is 4.90 Å². The summed E-state index contributed by atoms with van der Waals surface area (Å²) in [6.45, 7) is 1.29. The van der Waals surface area contributed by atoms with Gasteiger partial charge in [0.25, 0.3) is 5.91 Å². The third kappa shape index (κ3) is 4.42. The van der Waals surface area contributed by atoms with E-state index in [-0.39, 0.29) is 13.0 Å².